The highest BCUT2D eigenvalue weighted by Gasteiger charge is 2.10. The molecule has 0 spiro atoms. The van der Waals surface area contributed by atoms with E-state index in [0.717, 1.165) is 6.42 Å². The number of hydrogen-bond acceptors (Lipinski definition) is 3. The Morgan fingerprint density at radius 2 is 2.00 bits per heavy atom. The molecule has 0 aromatic carbocycles. The van der Waals surface area contributed by atoms with Crippen LogP contribution in [0.1, 0.15) is 26.7 Å². The maximum Gasteiger partial charge on any atom is 0.237 e. The van der Waals surface area contributed by atoms with Crippen LogP contribution in [-0.2, 0) is 9.59 Å². The molecule has 0 radical (unpaired) electrons. The summed E-state index contributed by atoms with van der Waals surface area (Å²) in [6.07, 6.45) is 2.95. The third-order valence-electron chi connectivity index (χ3n) is 2.19. The van der Waals surface area contributed by atoms with Gasteiger partial charge in [0.2, 0.25) is 11.8 Å². The Hall–Kier alpha value is -1.36. The molecule has 0 fully saturated rings. The molecule has 1 atom stereocenters. The van der Waals surface area contributed by atoms with Crippen LogP contribution in [0.5, 0.6) is 0 Å². The van der Waals surface area contributed by atoms with Crippen molar-refractivity contribution in [2.24, 2.45) is 0 Å². The van der Waals surface area contributed by atoms with E-state index in [1.54, 1.807) is 13.0 Å². The molecular formula is C12H23N3O2. The minimum Gasteiger partial charge on any atom is -0.356 e. The lowest BCUT2D eigenvalue weighted by molar-refractivity contribution is -0.123. The number of carbonyl (C=O) groups excluding carboxylic acids is 2. The molecule has 0 saturated heterocycles. The van der Waals surface area contributed by atoms with E-state index < -0.39 is 0 Å². The molecule has 1 unspecified atom stereocenters. The Labute approximate surface area is 103 Å². The topological polar surface area (TPSA) is 70.2 Å². The fourth-order valence-electron chi connectivity index (χ4n) is 1.17. The summed E-state index contributed by atoms with van der Waals surface area (Å²) < 4.78 is 0. The Kier molecular flexibility index (Phi) is 9.05. The van der Waals surface area contributed by atoms with Crippen LogP contribution in [0.25, 0.3) is 0 Å². The molecule has 5 heteroatoms. The predicted molar refractivity (Wildman–Crippen MR) is 68.6 cm³/mol. The maximum atomic E-state index is 11.4. The lowest BCUT2D eigenvalue weighted by atomic mass is 10.3. The molecule has 98 valence electrons. The highest BCUT2D eigenvalue weighted by Crippen LogP contribution is 1.85. The van der Waals surface area contributed by atoms with Crippen molar-refractivity contribution < 1.29 is 9.59 Å². The molecule has 0 aliphatic heterocycles. The van der Waals surface area contributed by atoms with E-state index >= 15 is 0 Å². The first-order chi connectivity index (χ1) is 8.11. The van der Waals surface area contributed by atoms with Crippen LogP contribution in [0.15, 0.2) is 12.7 Å². The third kappa shape index (κ3) is 8.45. The van der Waals surface area contributed by atoms with Crippen LogP contribution >= 0.6 is 0 Å². The Balaban J connectivity index is 3.62. The molecule has 0 saturated carbocycles. The van der Waals surface area contributed by atoms with E-state index in [-0.39, 0.29) is 17.9 Å². The molecule has 0 aliphatic rings. The van der Waals surface area contributed by atoms with E-state index in [0.29, 0.717) is 26.1 Å². The lowest BCUT2D eigenvalue weighted by Gasteiger charge is -2.13. The summed E-state index contributed by atoms with van der Waals surface area (Å²) in [6, 6.07) is -0.297. The van der Waals surface area contributed by atoms with Crippen LogP contribution in [-0.4, -0.2) is 37.5 Å². The van der Waals surface area contributed by atoms with Crippen LogP contribution in [0.3, 0.4) is 0 Å². The largest absolute Gasteiger partial charge is 0.356 e. The molecule has 0 bridgehead atoms. The fraction of sp³-hybridized carbons (Fsp3) is 0.667. The van der Waals surface area contributed by atoms with Crippen molar-refractivity contribution in [1.29, 1.82) is 0 Å². The molecule has 0 rings (SSSR count). The van der Waals surface area contributed by atoms with Gasteiger partial charge in [0.05, 0.1) is 6.04 Å². The summed E-state index contributed by atoms with van der Waals surface area (Å²) in [4.78, 5) is 22.7. The van der Waals surface area contributed by atoms with Gasteiger partial charge in [0, 0.05) is 26.1 Å². The number of amides is 2. The second-order valence-corrected chi connectivity index (χ2v) is 3.81. The Bertz CT molecular complexity index is 254. The highest BCUT2D eigenvalue weighted by molar-refractivity contribution is 5.81. The van der Waals surface area contributed by atoms with Gasteiger partial charge in [-0.25, -0.2) is 0 Å². The van der Waals surface area contributed by atoms with Gasteiger partial charge in [0.1, 0.15) is 0 Å². The van der Waals surface area contributed by atoms with Crippen molar-refractivity contribution >= 4 is 11.8 Å². The normalized spacial score (nSPS) is 11.6. The summed E-state index contributed by atoms with van der Waals surface area (Å²) in [5.41, 5.74) is 0. The van der Waals surface area contributed by atoms with E-state index in [2.05, 4.69) is 22.5 Å². The van der Waals surface area contributed by atoms with Crippen LogP contribution in [0.4, 0.5) is 0 Å². The van der Waals surface area contributed by atoms with Crippen molar-refractivity contribution in [3.05, 3.63) is 12.7 Å². The first-order valence-electron chi connectivity index (χ1n) is 6.00. The summed E-state index contributed by atoms with van der Waals surface area (Å²) in [5, 5.41) is 8.45. The van der Waals surface area contributed by atoms with Crippen molar-refractivity contribution in [1.82, 2.24) is 16.0 Å². The zero-order valence-corrected chi connectivity index (χ0v) is 10.7. The average Bonchev–Trinajstić information content (AvgIpc) is 2.33. The van der Waals surface area contributed by atoms with Gasteiger partial charge in [-0.3, -0.25) is 9.59 Å². The highest BCUT2D eigenvalue weighted by atomic mass is 16.2. The first kappa shape index (κ1) is 15.6. The van der Waals surface area contributed by atoms with E-state index in [1.165, 1.54) is 0 Å². The van der Waals surface area contributed by atoms with Gasteiger partial charge in [-0.05, 0) is 13.3 Å². The summed E-state index contributed by atoms with van der Waals surface area (Å²) in [5.74, 6) is -0.0723. The van der Waals surface area contributed by atoms with Gasteiger partial charge in [-0.2, -0.15) is 0 Å². The van der Waals surface area contributed by atoms with E-state index in [9.17, 15) is 9.59 Å². The Morgan fingerprint density at radius 1 is 1.29 bits per heavy atom. The van der Waals surface area contributed by atoms with Crippen molar-refractivity contribution in [3.63, 3.8) is 0 Å². The molecule has 0 heterocycles. The van der Waals surface area contributed by atoms with Gasteiger partial charge in [-0.15, -0.1) is 6.58 Å². The number of carbonyl (C=O) groups is 2. The molecule has 0 aromatic heterocycles. The third-order valence-corrected chi connectivity index (χ3v) is 2.19. The molecule has 17 heavy (non-hydrogen) atoms. The second-order valence-electron chi connectivity index (χ2n) is 3.81. The molecule has 5 nitrogen and oxygen atoms in total. The monoisotopic (exact) mass is 241 g/mol. The quantitative estimate of drug-likeness (QED) is 0.504. The fourth-order valence-corrected chi connectivity index (χ4v) is 1.17. The summed E-state index contributed by atoms with van der Waals surface area (Å²) in [6.45, 7) is 8.95. The molecular weight excluding hydrogens is 218 g/mol. The maximum absolute atomic E-state index is 11.4. The van der Waals surface area contributed by atoms with Crippen LogP contribution < -0.4 is 16.0 Å². The number of nitrogens with one attached hydrogen (secondary N) is 3. The molecule has 3 N–H and O–H groups in total. The summed E-state index contributed by atoms with van der Waals surface area (Å²) in [7, 11) is 0. The predicted octanol–water partition coefficient (Wildman–Crippen LogP) is 0.183. The first-order valence-corrected chi connectivity index (χ1v) is 6.00. The molecule has 0 aliphatic carbocycles. The Morgan fingerprint density at radius 3 is 2.59 bits per heavy atom. The van der Waals surface area contributed by atoms with Gasteiger partial charge >= 0.3 is 0 Å². The standard InChI is InChI=1S/C12H23N3O2/c1-4-7-14-11(16)6-9-13-10(3)12(17)15-8-5-2/h5,10,13H,2,4,6-9H2,1,3H3,(H,14,16)(H,15,17). The van der Waals surface area contributed by atoms with Gasteiger partial charge < -0.3 is 16.0 Å². The minimum absolute atomic E-state index is 0.0121. The van der Waals surface area contributed by atoms with Crippen LogP contribution in [0.2, 0.25) is 0 Å². The zero-order chi connectivity index (χ0) is 13.1. The second kappa shape index (κ2) is 9.84. The van der Waals surface area contributed by atoms with Crippen molar-refractivity contribution in [3.8, 4) is 0 Å². The van der Waals surface area contributed by atoms with E-state index in [1.807, 2.05) is 6.92 Å². The van der Waals surface area contributed by atoms with Crippen molar-refractivity contribution in [2.45, 2.75) is 32.7 Å². The van der Waals surface area contributed by atoms with Crippen molar-refractivity contribution in [2.75, 3.05) is 19.6 Å². The van der Waals surface area contributed by atoms with Gasteiger partial charge in [0.25, 0.3) is 0 Å². The zero-order valence-electron chi connectivity index (χ0n) is 10.7. The SMILES string of the molecule is C=CCNC(=O)C(C)NCCC(=O)NCCC. The lowest BCUT2D eigenvalue weighted by Crippen LogP contribution is -2.43. The van der Waals surface area contributed by atoms with E-state index in [4.69, 9.17) is 0 Å². The molecule has 2 amide bonds. The number of hydrogen-bond donors (Lipinski definition) is 3. The van der Waals surface area contributed by atoms with Gasteiger partial charge in [-0.1, -0.05) is 13.0 Å². The smallest absolute Gasteiger partial charge is 0.237 e. The van der Waals surface area contributed by atoms with Crippen LogP contribution in [0, 0.1) is 0 Å². The molecule has 0 aromatic rings. The number of rotatable bonds is 9. The average molecular weight is 241 g/mol. The summed E-state index contributed by atoms with van der Waals surface area (Å²) >= 11 is 0. The van der Waals surface area contributed by atoms with Gasteiger partial charge in [0.15, 0.2) is 0 Å². The minimum atomic E-state index is -0.297.